The molecule has 2 aromatic carbocycles. The maximum atomic E-state index is 13.2. The van der Waals surface area contributed by atoms with E-state index < -0.39 is 11.6 Å². The minimum Gasteiger partial charge on any atom is -0.507 e. The standard InChI is InChI=1S/C12H9F2NO/c13-8-2-4-12(16)9(6-8)7-1-3-11(15)10(14)5-7/h1-6,16H,15H2. The highest BCUT2D eigenvalue weighted by atomic mass is 19.1. The highest BCUT2D eigenvalue weighted by Gasteiger charge is 2.08. The lowest BCUT2D eigenvalue weighted by Gasteiger charge is -2.06. The van der Waals surface area contributed by atoms with Crippen molar-refractivity contribution >= 4 is 5.69 Å². The van der Waals surface area contributed by atoms with Gasteiger partial charge in [0.25, 0.3) is 0 Å². The van der Waals surface area contributed by atoms with Gasteiger partial charge in [-0.3, -0.25) is 0 Å². The van der Waals surface area contributed by atoms with E-state index in [-0.39, 0.29) is 17.0 Å². The van der Waals surface area contributed by atoms with E-state index in [9.17, 15) is 13.9 Å². The molecule has 0 aliphatic carbocycles. The minimum absolute atomic E-state index is 0.0136. The Kier molecular flexibility index (Phi) is 2.48. The van der Waals surface area contributed by atoms with E-state index in [4.69, 9.17) is 5.73 Å². The number of phenolic OH excluding ortho intramolecular Hbond substituents is 1. The van der Waals surface area contributed by atoms with Crippen LogP contribution in [0.15, 0.2) is 36.4 Å². The Balaban J connectivity index is 2.58. The molecule has 0 amide bonds. The average molecular weight is 221 g/mol. The van der Waals surface area contributed by atoms with Gasteiger partial charge >= 0.3 is 0 Å². The van der Waals surface area contributed by atoms with Crippen molar-refractivity contribution in [1.29, 1.82) is 0 Å². The predicted octanol–water partition coefficient (Wildman–Crippen LogP) is 2.92. The molecule has 0 saturated carbocycles. The van der Waals surface area contributed by atoms with Crippen LogP contribution >= 0.6 is 0 Å². The average Bonchev–Trinajstić information content (AvgIpc) is 2.26. The maximum Gasteiger partial charge on any atom is 0.146 e. The van der Waals surface area contributed by atoms with Crippen molar-refractivity contribution < 1.29 is 13.9 Å². The largest absolute Gasteiger partial charge is 0.507 e. The van der Waals surface area contributed by atoms with Gasteiger partial charge in [-0.25, -0.2) is 8.78 Å². The summed E-state index contributed by atoms with van der Waals surface area (Å²) < 4.78 is 26.2. The zero-order valence-electron chi connectivity index (χ0n) is 8.24. The van der Waals surface area contributed by atoms with Gasteiger partial charge in [-0.2, -0.15) is 0 Å². The van der Waals surface area contributed by atoms with Crippen molar-refractivity contribution in [3.63, 3.8) is 0 Å². The molecule has 0 heterocycles. The van der Waals surface area contributed by atoms with Gasteiger partial charge in [0, 0.05) is 5.56 Å². The fourth-order valence-corrected chi connectivity index (χ4v) is 1.43. The number of anilines is 1. The maximum absolute atomic E-state index is 13.2. The molecular weight excluding hydrogens is 212 g/mol. The second-order valence-corrected chi connectivity index (χ2v) is 3.40. The lowest BCUT2D eigenvalue weighted by atomic mass is 10.0. The van der Waals surface area contributed by atoms with Crippen LogP contribution in [0.2, 0.25) is 0 Å². The molecule has 0 atom stereocenters. The summed E-state index contributed by atoms with van der Waals surface area (Å²) in [4.78, 5) is 0. The van der Waals surface area contributed by atoms with Gasteiger partial charge in [-0.15, -0.1) is 0 Å². The van der Waals surface area contributed by atoms with Crippen LogP contribution in [0.5, 0.6) is 5.75 Å². The third-order valence-electron chi connectivity index (χ3n) is 2.27. The molecule has 82 valence electrons. The molecule has 0 fully saturated rings. The van der Waals surface area contributed by atoms with E-state index >= 15 is 0 Å². The van der Waals surface area contributed by atoms with Crippen LogP contribution in [-0.2, 0) is 0 Å². The summed E-state index contributed by atoms with van der Waals surface area (Å²) in [6.07, 6.45) is 0. The SMILES string of the molecule is Nc1ccc(-c2cc(F)ccc2O)cc1F. The lowest BCUT2D eigenvalue weighted by Crippen LogP contribution is -1.91. The number of benzene rings is 2. The Morgan fingerprint density at radius 1 is 1.00 bits per heavy atom. The molecule has 3 N–H and O–H groups in total. The number of hydrogen-bond donors (Lipinski definition) is 2. The molecular formula is C12H9F2NO. The zero-order valence-corrected chi connectivity index (χ0v) is 8.24. The molecule has 0 aromatic heterocycles. The topological polar surface area (TPSA) is 46.2 Å². The van der Waals surface area contributed by atoms with Crippen molar-refractivity contribution in [3.8, 4) is 16.9 Å². The van der Waals surface area contributed by atoms with Crippen LogP contribution in [0.1, 0.15) is 0 Å². The normalized spacial score (nSPS) is 10.4. The fourth-order valence-electron chi connectivity index (χ4n) is 1.43. The van der Waals surface area contributed by atoms with Gasteiger partial charge in [-0.1, -0.05) is 6.07 Å². The fraction of sp³-hybridized carbons (Fsp3) is 0. The number of nitrogens with two attached hydrogens (primary N) is 1. The molecule has 2 nitrogen and oxygen atoms in total. The van der Waals surface area contributed by atoms with Gasteiger partial charge in [0.15, 0.2) is 0 Å². The Labute approximate surface area is 91.0 Å². The number of hydrogen-bond acceptors (Lipinski definition) is 2. The van der Waals surface area contributed by atoms with Crippen molar-refractivity contribution in [1.82, 2.24) is 0 Å². The second-order valence-electron chi connectivity index (χ2n) is 3.40. The molecule has 16 heavy (non-hydrogen) atoms. The lowest BCUT2D eigenvalue weighted by molar-refractivity contribution is 0.475. The molecule has 0 saturated heterocycles. The first kappa shape index (κ1) is 10.4. The van der Waals surface area contributed by atoms with Crippen LogP contribution in [0.4, 0.5) is 14.5 Å². The molecule has 2 aromatic rings. The summed E-state index contributed by atoms with van der Waals surface area (Å²) in [5.41, 5.74) is 5.95. The first-order valence-electron chi connectivity index (χ1n) is 4.62. The van der Waals surface area contributed by atoms with Crippen molar-refractivity contribution in [2.45, 2.75) is 0 Å². The van der Waals surface area contributed by atoms with Crippen molar-refractivity contribution in [3.05, 3.63) is 48.0 Å². The summed E-state index contributed by atoms with van der Waals surface area (Å²) in [6, 6.07) is 7.54. The molecule has 0 unspecified atom stereocenters. The van der Waals surface area contributed by atoms with Crippen molar-refractivity contribution in [2.24, 2.45) is 0 Å². The van der Waals surface area contributed by atoms with Gasteiger partial charge < -0.3 is 10.8 Å². The van der Waals surface area contributed by atoms with E-state index in [2.05, 4.69) is 0 Å². The molecule has 4 heteroatoms. The third kappa shape index (κ3) is 1.82. The number of rotatable bonds is 1. The minimum atomic E-state index is -0.596. The van der Waals surface area contributed by atoms with Gasteiger partial charge in [-0.05, 0) is 35.9 Å². The number of nitrogen functional groups attached to an aromatic ring is 1. The number of aromatic hydroxyl groups is 1. The molecule has 2 rings (SSSR count). The first-order chi connectivity index (χ1) is 7.58. The zero-order chi connectivity index (χ0) is 11.7. The van der Waals surface area contributed by atoms with Crippen LogP contribution in [0, 0.1) is 11.6 Å². The summed E-state index contributed by atoms with van der Waals surface area (Å²) >= 11 is 0. The Morgan fingerprint density at radius 2 is 1.75 bits per heavy atom. The van der Waals surface area contributed by atoms with E-state index in [1.807, 2.05) is 0 Å². The molecule has 0 aliphatic rings. The van der Waals surface area contributed by atoms with Crippen LogP contribution < -0.4 is 5.73 Å². The number of halogens is 2. The molecule has 0 spiro atoms. The summed E-state index contributed by atoms with van der Waals surface area (Å²) in [6.45, 7) is 0. The highest BCUT2D eigenvalue weighted by Crippen LogP contribution is 2.31. The Bertz CT molecular complexity index is 541. The first-order valence-corrected chi connectivity index (χ1v) is 4.62. The number of phenols is 1. The van der Waals surface area contributed by atoms with Gasteiger partial charge in [0.1, 0.15) is 17.4 Å². The quantitative estimate of drug-likeness (QED) is 0.727. The Morgan fingerprint density at radius 3 is 2.44 bits per heavy atom. The van der Waals surface area contributed by atoms with E-state index in [1.54, 1.807) is 0 Å². The summed E-state index contributed by atoms with van der Waals surface area (Å²) in [7, 11) is 0. The van der Waals surface area contributed by atoms with E-state index in [1.165, 1.54) is 18.2 Å². The summed E-state index contributed by atoms with van der Waals surface area (Å²) in [5, 5.41) is 9.53. The molecule has 0 aliphatic heterocycles. The van der Waals surface area contributed by atoms with Crippen LogP contribution in [0.25, 0.3) is 11.1 Å². The monoisotopic (exact) mass is 221 g/mol. The van der Waals surface area contributed by atoms with Gasteiger partial charge in [0.2, 0.25) is 0 Å². The van der Waals surface area contributed by atoms with Crippen LogP contribution in [-0.4, -0.2) is 5.11 Å². The smallest absolute Gasteiger partial charge is 0.146 e. The van der Waals surface area contributed by atoms with Crippen molar-refractivity contribution in [2.75, 3.05) is 5.73 Å². The summed E-state index contributed by atoms with van der Waals surface area (Å²) in [5.74, 6) is -1.20. The third-order valence-corrected chi connectivity index (χ3v) is 2.27. The van der Waals surface area contributed by atoms with Gasteiger partial charge in [0.05, 0.1) is 5.69 Å². The van der Waals surface area contributed by atoms with E-state index in [0.29, 0.717) is 5.56 Å². The second kappa shape index (κ2) is 3.81. The molecule has 0 bridgehead atoms. The van der Waals surface area contributed by atoms with Crippen LogP contribution in [0.3, 0.4) is 0 Å². The molecule has 0 radical (unpaired) electrons. The predicted molar refractivity (Wildman–Crippen MR) is 57.9 cm³/mol. The van der Waals surface area contributed by atoms with E-state index in [0.717, 1.165) is 18.2 Å². The highest BCUT2D eigenvalue weighted by molar-refractivity contribution is 5.71. The Hall–Kier alpha value is -2.10.